The summed E-state index contributed by atoms with van der Waals surface area (Å²) in [6.07, 6.45) is 0. The zero-order chi connectivity index (χ0) is 22.5. The minimum atomic E-state index is 0.211. The molecular weight excluding hydrogens is 408 g/mol. The molecule has 0 atom stereocenters. The third-order valence-corrected chi connectivity index (χ3v) is 6.36. The maximum atomic E-state index is 11.0. The van der Waals surface area contributed by atoms with E-state index in [9.17, 15) is 15.3 Å². The zero-order valence-electron chi connectivity index (χ0n) is 17.7. The Morgan fingerprint density at radius 3 is 1.85 bits per heavy atom. The molecule has 158 valence electrons. The van der Waals surface area contributed by atoms with Gasteiger partial charge in [0.15, 0.2) is 0 Å². The molecule has 0 radical (unpaired) electrons. The molecule has 0 bridgehead atoms. The fourth-order valence-corrected chi connectivity index (χ4v) is 4.88. The van der Waals surface area contributed by atoms with Gasteiger partial charge in [0, 0.05) is 10.8 Å². The van der Waals surface area contributed by atoms with Gasteiger partial charge >= 0.3 is 0 Å². The van der Waals surface area contributed by atoms with Gasteiger partial charge in [0.2, 0.25) is 0 Å². The Hall–Kier alpha value is -4.50. The Morgan fingerprint density at radius 1 is 0.394 bits per heavy atom. The summed E-state index contributed by atoms with van der Waals surface area (Å²) in [6.45, 7) is 0. The third-order valence-electron chi connectivity index (χ3n) is 6.36. The Bertz CT molecular complexity index is 1700. The first kappa shape index (κ1) is 19.2. The number of rotatable bonds is 2. The van der Waals surface area contributed by atoms with Crippen molar-refractivity contribution < 1.29 is 15.3 Å². The van der Waals surface area contributed by atoms with E-state index in [4.69, 9.17) is 0 Å². The molecule has 3 N–H and O–H groups in total. The molecular formula is C30H20O3. The minimum absolute atomic E-state index is 0.211. The van der Waals surface area contributed by atoms with Crippen molar-refractivity contribution in [2.75, 3.05) is 0 Å². The minimum Gasteiger partial charge on any atom is -0.508 e. The maximum Gasteiger partial charge on any atom is 0.124 e. The first-order chi connectivity index (χ1) is 16.1. The van der Waals surface area contributed by atoms with Crippen LogP contribution in [0.3, 0.4) is 0 Å². The standard InChI is InChI=1S/C30H20O3/c31-19-13-14-20-18(17-19)5-1-6-21(20)27-16-15-24(26-10-4-12-29(33)30(26)27)22-7-2-9-25-23(22)8-3-11-28(25)32/h1-17,31-33H. The topological polar surface area (TPSA) is 60.7 Å². The van der Waals surface area contributed by atoms with Crippen LogP contribution in [0.5, 0.6) is 17.2 Å². The number of fused-ring (bicyclic) bond motifs is 3. The highest BCUT2D eigenvalue weighted by Gasteiger charge is 2.16. The maximum absolute atomic E-state index is 11.0. The molecule has 6 aromatic carbocycles. The number of hydrogen-bond acceptors (Lipinski definition) is 3. The van der Waals surface area contributed by atoms with Crippen LogP contribution in [0, 0.1) is 0 Å². The molecule has 0 unspecified atom stereocenters. The number of benzene rings is 6. The van der Waals surface area contributed by atoms with Crippen LogP contribution >= 0.6 is 0 Å². The molecule has 0 aliphatic heterocycles. The molecule has 0 aliphatic carbocycles. The van der Waals surface area contributed by atoms with E-state index in [1.807, 2.05) is 72.8 Å². The van der Waals surface area contributed by atoms with E-state index in [1.165, 1.54) is 0 Å². The smallest absolute Gasteiger partial charge is 0.124 e. The van der Waals surface area contributed by atoms with Crippen LogP contribution in [0.2, 0.25) is 0 Å². The van der Waals surface area contributed by atoms with Gasteiger partial charge in [-0.1, -0.05) is 78.9 Å². The largest absolute Gasteiger partial charge is 0.508 e. The van der Waals surface area contributed by atoms with Crippen molar-refractivity contribution in [3.63, 3.8) is 0 Å². The van der Waals surface area contributed by atoms with E-state index in [0.29, 0.717) is 0 Å². The lowest BCUT2D eigenvalue weighted by molar-refractivity contribution is 0.476. The van der Waals surface area contributed by atoms with E-state index in [-0.39, 0.29) is 17.2 Å². The summed E-state index contributed by atoms with van der Waals surface area (Å²) in [5.41, 5.74) is 3.89. The van der Waals surface area contributed by atoms with Crippen LogP contribution in [0.4, 0.5) is 0 Å². The number of phenolic OH excluding ortho intramolecular Hbond substituents is 3. The Balaban J connectivity index is 1.69. The van der Waals surface area contributed by atoms with Crippen molar-refractivity contribution >= 4 is 32.3 Å². The van der Waals surface area contributed by atoms with Gasteiger partial charge in [-0.15, -0.1) is 0 Å². The van der Waals surface area contributed by atoms with Gasteiger partial charge in [0.05, 0.1) is 0 Å². The van der Waals surface area contributed by atoms with Crippen LogP contribution in [0.25, 0.3) is 54.6 Å². The summed E-state index contributed by atoms with van der Waals surface area (Å²) in [6, 6.07) is 32.5. The van der Waals surface area contributed by atoms with Crippen LogP contribution < -0.4 is 0 Å². The second kappa shape index (κ2) is 7.28. The van der Waals surface area contributed by atoms with E-state index in [2.05, 4.69) is 6.07 Å². The molecule has 33 heavy (non-hydrogen) atoms. The van der Waals surface area contributed by atoms with Crippen LogP contribution in [-0.2, 0) is 0 Å². The average Bonchev–Trinajstić information content (AvgIpc) is 2.83. The monoisotopic (exact) mass is 428 g/mol. The predicted molar refractivity (Wildman–Crippen MR) is 135 cm³/mol. The average molecular weight is 428 g/mol. The van der Waals surface area contributed by atoms with E-state index in [1.54, 1.807) is 24.3 Å². The van der Waals surface area contributed by atoms with Crippen molar-refractivity contribution in [2.45, 2.75) is 0 Å². The van der Waals surface area contributed by atoms with E-state index < -0.39 is 0 Å². The first-order valence-corrected chi connectivity index (χ1v) is 10.8. The fraction of sp³-hybridized carbons (Fsp3) is 0. The molecule has 0 saturated heterocycles. The summed E-state index contributed by atoms with van der Waals surface area (Å²) < 4.78 is 0. The lowest BCUT2D eigenvalue weighted by Crippen LogP contribution is -1.89. The van der Waals surface area contributed by atoms with Gasteiger partial charge in [0.1, 0.15) is 17.2 Å². The van der Waals surface area contributed by atoms with Crippen molar-refractivity contribution in [1.29, 1.82) is 0 Å². The summed E-state index contributed by atoms with van der Waals surface area (Å²) in [5, 5.41) is 36.6. The summed E-state index contributed by atoms with van der Waals surface area (Å²) in [7, 11) is 0. The molecule has 3 nitrogen and oxygen atoms in total. The molecule has 0 aromatic heterocycles. The number of phenols is 3. The van der Waals surface area contributed by atoms with E-state index >= 15 is 0 Å². The van der Waals surface area contributed by atoms with Crippen molar-refractivity contribution in [3.8, 4) is 39.5 Å². The van der Waals surface area contributed by atoms with Gasteiger partial charge in [0.25, 0.3) is 0 Å². The van der Waals surface area contributed by atoms with Crippen LogP contribution in [0.15, 0.2) is 103 Å². The van der Waals surface area contributed by atoms with Gasteiger partial charge in [-0.05, 0) is 68.1 Å². The van der Waals surface area contributed by atoms with Gasteiger partial charge in [-0.2, -0.15) is 0 Å². The Morgan fingerprint density at radius 2 is 1.00 bits per heavy atom. The lowest BCUT2D eigenvalue weighted by Gasteiger charge is -2.16. The predicted octanol–water partition coefficient (Wildman–Crippen LogP) is 7.60. The second-order valence-corrected chi connectivity index (χ2v) is 8.25. The Labute approximate surface area is 190 Å². The van der Waals surface area contributed by atoms with Gasteiger partial charge < -0.3 is 15.3 Å². The highest BCUT2D eigenvalue weighted by molar-refractivity contribution is 6.14. The quantitative estimate of drug-likeness (QED) is 0.266. The summed E-state index contributed by atoms with van der Waals surface area (Å²) >= 11 is 0. The molecule has 0 spiro atoms. The molecule has 6 aromatic rings. The van der Waals surface area contributed by atoms with Crippen molar-refractivity contribution in [3.05, 3.63) is 103 Å². The van der Waals surface area contributed by atoms with Crippen molar-refractivity contribution in [2.24, 2.45) is 0 Å². The third kappa shape index (κ3) is 2.98. The molecule has 0 fully saturated rings. The SMILES string of the molecule is Oc1ccc2c(-c3ccc(-c4cccc5c(O)cccc45)c4cccc(O)c34)cccc2c1. The number of hydrogen-bond donors (Lipinski definition) is 3. The lowest BCUT2D eigenvalue weighted by atomic mass is 9.88. The first-order valence-electron chi connectivity index (χ1n) is 10.8. The molecule has 0 amide bonds. The van der Waals surface area contributed by atoms with Crippen molar-refractivity contribution in [1.82, 2.24) is 0 Å². The Kier molecular flexibility index (Phi) is 4.24. The summed E-state index contributed by atoms with van der Waals surface area (Å²) in [5.74, 6) is 0.683. The van der Waals surface area contributed by atoms with E-state index in [0.717, 1.165) is 54.6 Å². The normalized spacial score (nSPS) is 11.4. The second-order valence-electron chi connectivity index (χ2n) is 8.25. The fourth-order valence-electron chi connectivity index (χ4n) is 4.88. The van der Waals surface area contributed by atoms with Gasteiger partial charge in [-0.25, -0.2) is 0 Å². The molecule has 0 aliphatic rings. The van der Waals surface area contributed by atoms with Gasteiger partial charge in [-0.3, -0.25) is 0 Å². The highest BCUT2D eigenvalue weighted by atomic mass is 16.3. The van der Waals surface area contributed by atoms with Crippen LogP contribution in [-0.4, -0.2) is 15.3 Å². The molecule has 3 heteroatoms. The number of aromatic hydroxyl groups is 3. The molecule has 0 heterocycles. The summed E-state index contributed by atoms with van der Waals surface area (Å²) in [4.78, 5) is 0. The molecule has 6 rings (SSSR count). The van der Waals surface area contributed by atoms with Crippen LogP contribution in [0.1, 0.15) is 0 Å². The zero-order valence-corrected chi connectivity index (χ0v) is 17.7. The highest BCUT2D eigenvalue weighted by Crippen LogP contribution is 2.44. The molecule has 0 saturated carbocycles.